The highest BCUT2D eigenvalue weighted by Crippen LogP contribution is 2.14. The van der Waals surface area contributed by atoms with Crippen LogP contribution >= 0.6 is 0 Å². The molecule has 6 heteroatoms. The van der Waals surface area contributed by atoms with Crippen molar-refractivity contribution in [3.8, 4) is 0 Å². The van der Waals surface area contributed by atoms with Gasteiger partial charge in [0.2, 0.25) is 0 Å². The number of carbonyl (C=O) groups excluding carboxylic acids is 1. The number of aldehydes is 1. The van der Waals surface area contributed by atoms with Crippen LogP contribution in [0.3, 0.4) is 0 Å². The van der Waals surface area contributed by atoms with Crippen molar-refractivity contribution in [2.75, 3.05) is 38.1 Å². The maximum Gasteiger partial charge on any atom is 0.270 e. The minimum Gasteiger partial charge on any atom is -0.344 e. The zero-order chi connectivity index (χ0) is 14.1. The molecule has 2 aromatic rings. The Morgan fingerprint density at radius 2 is 2.05 bits per heavy atom. The van der Waals surface area contributed by atoms with E-state index in [0.717, 1.165) is 26.2 Å². The van der Waals surface area contributed by atoms with Crippen LogP contribution in [0.25, 0.3) is 5.65 Å². The summed E-state index contributed by atoms with van der Waals surface area (Å²) < 4.78 is 1.41. The number of anilines is 1. The number of pyridine rings is 1. The lowest BCUT2D eigenvalue weighted by Gasteiger charge is -2.31. The topological polar surface area (TPSA) is 59.1 Å². The van der Waals surface area contributed by atoms with Gasteiger partial charge < -0.3 is 9.80 Å². The molecule has 0 bridgehead atoms. The van der Waals surface area contributed by atoms with Crippen LogP contribution < -0.4 is 15.4 Å². The Morgan fingerprint density at radius 3 is 2.75 bits per heavy atom. The lowest BCUT2D eigenvalue weighted by molar-refractivity contribution is -0.880. The van der Waals surface area contributed by atoms with Gasteiger partial charge in [-0.05, 0) is 12.1 Å². The molecule has 0 aromatic carbocycles. The highest BCUT2D eigenvalue weighted by Gasteiger charge is 2.22. The number of aromatic nitrogens is 2. The number of quaternary nitrogens is 1. The molecule has 6 nitrogen and oxygen atoms in total. The molecule has 1 fully saturated rings. The van der Waals surface area contributed by atoms with Crippen molar-refractivity contribution in [2.24, 2.45) is 0 Å². The van der Waals surface area contributed by atoms with E-state index in [-0.39, 0.29) is 11.1 Å². The van der Waals surface area contributed by atoms with Gasteiger partial charge in [-0.25, -0.2) is 4.98 Å². The van der Waals surface area contributed by atoms with Crippen LogP contribution in [0, 0.1) is 0 Å². The predicted molar refractivity (Wildman–Crippen MR) is 75.7 cm³/mol. The molecule has 3 heterocycles. The van der Waals surface area contributed by atoms with Gasteiger partial charge in [0.1, 0.15) is 17.0 Å². The van der Waals surface area contributed by atoms with Crippen LogP contribution in [0.15, 0.2) is 29.2 Å². The fourth-order valence-corrected chi connectivity index (χ4v) is 2.54. The molecular formula is C14H17N4O2+. The zero-order valence-corrected chi connectivity index (χ0v) is 11.4. The number of piperazine rings is 1. The Labute approximate surface area is 116 Å². The van der Waals surface area contributed by atoms with Crippen molar-refractivity contribution in [3.63, 3.8) is 0 Å². The molecule has 2 aromatic heterocycles. The summed E-state index contributed by atoms with van der Waals surface area (Å²) in [5, 5.41) is 0. The van der Waals surface area contributed by atoms with Gasteiger partial charge in [0, 0.05) is 6.20 Å². The van der Waals surface area contributed by atoms with E-state index in [1.807, 2.05) is 11.0 Å². The maximum absolute atomic E-state index is 12.3. The minimum atomic E-state index is -0.299. The van der Waals surface area contributed by atoms with Gasteiger partial charge in [-0.15, -0.1) is 0 Å². The summed E-state index contributed by atoms with van der Waals surface area (Å²) in [5.41, 5.74) is 0.421. The minimum absolute atomic E-state index is 0.147. The van der Waals surface area contributed by atoms with Crippen LogP contribution in [-0.4, -0.2) is 48.9 Å². The second kappa shape index (κ2) is 5.05. The first kappa shape index (κ1) is 12.8. The van der Waals surface area contributed by atoms with Crippen molar-refractivity contribution in [2.45, 2.75) is 0 Å². The Bertz CT molecular complexity index is 702. The molecule has 0 amide bonds. The Morgan fingerprint density at radius 1 is 1.30 bits per heavy atom. The molecule has 104 valence electrons. The molecule has 0 saturated carbocycles. The maximum atomic E-state index is 12.3. The molecule has 1 saturated heterocycles. The fraction of sp³-hybridized carbons (Fsp3) is 0.357. The summed E-state index contributed by atoms with van der Waals surface area (Å²) in [7, 11) is 2.14. The fourth-order valence-electron chi connectivity index (χ4n) is 2.54. The first-order chi connectivity index (χ1) is 9.70. The Balaban J connectivity index is 2.14. The average molecular weight is 273 g/mol. The largest absolute Gasteiger partial charge is 0.344 e. The molecule has 20 heavy (non-hydrogen) atoms. The summed E-state index contributed by atoms with van der Waals surface area (Å²) in [6.07, 6.45) is 2.25. The lowest BCUT2D eigenvalue weighted by atomic mass is 10.2. The van der Waals surface area contributed by atoms with Crippen LogP contribution in [0.1, 0.15) is 10.4 Å². The quantitative estimate of drug-likeness (QED) is 0.701. The van der Waals surface area contributed by atoms with Gasteiger partial charge in [0.15, 0.2) is 6.29 Å². The Kier molecular flexibility index (Phi) is 3.23. The van der Waals surface area contributed by atoms with E-state index in [9.17, 15) is 9.59 Å². The first-order valence-electron chi connectivity index (χ1n) is 6.73. The number of nitrogens with one attached hydrogen (secondary N) is 1. The van der Waals surface area contributed by atoms with Crippen LogP contribution in [-0.2, 0) is 0 Å². The predicted octanol–water partition coefficient (Wildman–Crippen LogP) is -1.16. The van der Waals surface area contributed by atoms with Gasteiger partial charge in [-0.1, -0.05) is 6.07 Å². The summed E-state index contributed by atoms with van der Waals surface area (Å²) in [5.74, 6) is 0.517. The second-order valence-electron chi connectivity index (χ2n) is 5.15. The highest BCUT2D eigenvalue weighted by molar-refractivity contribution is 5.83. The van der Waals surface area contributed by atoms with Crippen molar-refractivity contribution in [1.82, 2.24) is 9.38 Å². The molecule has 3 rings (SSSR count). The van der Waals surface area contributed by atoms with E-state index in [0.29, 0.717) is 17.8 Å². The lowest BCUT2D eigenvalue weighted by Crippen LogP contribution is -3.12. The van der Waals surface area contributed by atoms with E-state index in [1.54, 1.807) is 18.3 Å². The third-order valence-electron chi connectivity index (χ3n) is 3.78. The van der Waals surface area contributed by atoms with Gasteiger partial charge in [0.25, 0.3) is 5.56 Å². The number of nitrogens with zero attached hydrogens (tertiary/aromatic N) is 3. The molecule has 1 N–H and O–H groups in total. The van der Waals surface area contributed by atoms with Gasteiger partial charge in [-0.2, -0.15) is 0 Å². The number of likely N-dealkylation sites (N-methyl/N-ethyl adjacent to an activating group) is 1. The van der Waals surface area contributed by atoms with Crippen LogP contribution in [0.5, 0.6) is 0 Å². The Hall–Kier alpha value is -2.21. The standard InChI is InChI=1S/C14H16N4O2/c1-16-6-8-17(9-7-16)13-11(10-19)14(20)18-5-3-2-4-12(18)15-13/h2-5,10H,6-9H2,1H3/p+1. The molecule has 0 atom stereocenters. The molecule has 0 aliphatic carbocycles. The summed E-state index contributed by atoms with van der Waals surface area (Å²) >= 11 is 0. The molecule has 1 aliphatic rings. The normalized spacial score (nSPS) is 16.6. The van der Waals surface area contributed by atoms with E-state index in [4.69, 9.17) is 0 Å². The van der Waals surface area contributed by atoms with Crippen molar-refractivity contribution in [3.05, 3.63) is 40.3 Å². The number of fused-ring (bicyclic) bond motifs is 1. The van der Waals surface area contributed by atoms with E-state index in [2.05, 4.69) is 12.0 Å². The monoisotopic (exact) mass is 273 g/mol. The van der Waals surface area contributed by atoms with Crippen molar-refractivity contribution >= 4 is 17.8 Å². The van der Waals surface area contributed by atoms with E-state index >= 15 is 0 Å². The molecule has 0 spiro atoms. The number of hydrogen-bond acceptors (Lipinski definition) is 4. The number of hydrogen-bond donors (Lipinski definition) is 1. The second-order valence-corrected chi connectivity index (χ2v) is 5.15. The number of rotatable bonds is 2. The third kappa shape index (κ3) is 2.08. The van der Waals surface area contributed by atoms with Crippen LogP contribution in [0.4, 0.5) is 5.82 Å². The van der Waals surface area contributed by atoms with E-state index in [1.165, 1.54) is 9.30 Å². The molecular weight excluding hydrogens is 256 g/mol. The number of carbonyl (C=O) groups is 1. The summed E-state index contributed by atoms with van der Waals surface area (Å²) in [4.78, 5) is 31.6. The SMILES string of the molecule is C[NH+]1CCN(c2nc3ccccn3c(=O)c2C=O)CC1. The average Bonchev–Trinajstić information content (AvgIpc) is 2.48. The van der Waals surface area contributed by atoms with E-state index < -0.39 is 0 Å². The smallest absolute Gasteiger partial charge is 0.270 e. The van der Waals surface area contributed by atoms with Crippen LogP contribution in [0.2, 0.25) is 0 Å². The summed E-state index contributed by atoms with van der Waals surface area (Å²) in [6.45, 7) is 3.58. The summed E-state index contributed by atoms with van der Waals surface area (Å²) in [6, 6.07) is 5.37. The zero-order valence-electron chi connectivity index (χ0n) is 11.4. The van der Waals surface area contributed by atoms with Gasteiger partial charge in [-0.3, -0.25) is 14.0 Å². The van der Waals surface area contributed by atoms with Gasteiger partial charge in [0.05, 0.1) is 33.2 Å². The van der Waals surface area contributed by atoms with Crippen molar-refractivity contribution < 1.29 is 9.69 Å². The highest BCUT2D eigenvalue weighted by atomic mass is 16.1. The molecule has 1 aliphatic heterocycles. The van der Waals surface area contributed by atoms with Gasteiger partial charge >= 0.3 is 0 Å². The first-order valence-corrected chi connectivity index (χ1v) is 6.73. The molecule has 0 radical (unpaired) electrons. The molecule has 0 unspecified atom stereocenters. The third-order valence-corrected chi connectivity index (χ3v) is 3.78. The van der Waals surface area contributed by atoms with Crippen molar-refractivity contribution in [1.29, 1.82) is 0 Å².